The Morgan fingerprint density at radius 2 is 1.62 bits per heavy atom. The molecule has 8 nitrogen and oxygen atoms in total. The van der Waals surface area contributed by atoms with Crippen molar-refractivity contribution in [2.45, 2.75) is 50.3 Å². The average molecular weight is 520 g/mol. The molecular formula is C26H28F3N3O5. The molecule has 37 heavy (non-hydrogen) atoms. The number of carboxylic acid groups (broad SMARTS) is 1. The molecule has 2 aromatic rings. The minimum Gasteiger partial charge on any atom is -0.480 e. The van der Waals surface area contributed by atoms with Crippen LogP contribution in [0.15, 0.2) is 48.5 Å². The number of halogens is 3. The lowest BCUT2D eigenvalue weighted by molar-refractivity contribution is -0.141. The quantitative estimate of drug-likeness (QED) is 0.576. The zero-order valence-electron chi connectivity index (χ0n) is 20.0. The minimum absolute atomic E-state index is 0.0844. The van der Waals surface area contributed by atoms with E-state index in [9.17, 15) is 32.7 Å². The van der Waals surface area contributed by atoms with Crippen LogP contribution in [0.2, 0.25) is 0 Å². The fraction of sp³-hybridized carbons (Fsp3) is 0.423. The van der Waals surface area contributed by atoms with E-state index in [0.717, 1.165) is 4.90 Å². The highest BCUT2D eigenvalue weighted by atomic mass is 19.3. The highest BCUT2D eigenvalue weighted by Gasteiger charge is 2.45. The number of nitrogens with one attached hydrogen (secondary N) is 1. The molecule has 2 aromatic carbocycles. The summed E-state index contributed by atoms with van der Waals surface area (Å²) < 4.78 is 45.3. The zero-order chi connectivity index (χ0) is 26.6. The van der Waals surface area contributed by atoms with Crippen molar-refractivity contribution in [3.63, 3.8) is 0 Å². The molecule has 2 heterocycles. The van der Waals surface area contributed by atoms with Gasteiger partial charge in [-0.25, -0.2) is 22.8 Å². The van der Waals surface area contributed by atoms with Crippen molar-refractivity contribution >= 4 is 23.7 Å². The molecule has 2 aliphatic heterocycles. The molecule has 0 aliphatic carbocycles. The summed E-state index contributed by atoms with van der Waals surface area (Å²) in [5.74, 6) is -4.52. The van der Waals surface area contributed by atoms with Gasteiger partial charge in [-0.1, -0.05) is 24.3 Å². The number of aliphatic carboxylic acids is 1. The van der Waals surface area contributed by atoms with Gasteiger partial charge in [-0.2, -0.15) is 0 Å². The standard InChI is InChI=1S/C26H28F3N3O5/c27-19-5-1-17(2-6-19)13-23(33)30-20-7-3-18(4-8-20)16-37-25(36)32-15-21(14-22(32)24(34)35)31-11-9-26(28,29)10-12-31/h1-8,21-22H,9-16H2,(H,30,33)(H,34,35)/t21?,22-/m0/s1. The number of anilines is 1. The molecule has 2 N–H and O–H groups in total. The van der Waals surface area contributed by atoms with Crippen molar-refractivity contribution in [1.82, 2.24) is 9.80 Å². The third-order valence-corrected chi connectivity index (χ3v) is 6.72. The van der Waals surface area contributed by atoms with Crippen LogP contribution in [0, 0.1) is 5.82 Å². The van der Waals surface area contributed by atoms with E-state index in [1.165, 1.54) is 24.3 Å². The fourth-order valence-electron chi connectivity index (χ4n) is 4.64. The molecular weight excluding hydrogens is 491 g/mol. The van der Waals surface area contributed by atoms with E-state index in [-0.39, 0.29) is 69.7 Å². The SMILES string of the molecule is O=C(Cc1ccc(F)cc1)Nc1ccc(COC(=O)N2CC(N3CCC(F)(F)CC3)C[C@H]2C(=O)O)cc1. The van der Waals surface area contributed by atoms with Crippen LogP contribution in [0.1, 0.15) is 30.4 Å². The first-order valence-electron chi connectivity index (χ1n) is 12.0. The van der Waals surface area contributed by atoms with Gasteiger partial charge in [0.2, 0.25) is 5.91 Å². The molecule has 11 heteroatoms. The maximum atomic E-state index is 13.5. The number of likely N-dealkylation sites (tertiary alicyclic amines) is 2. The normalized spacial score (nSPS) is 21.4. The summed E-state index contributed by atoms with van der Waals surface area (Å²) in [6, 6.07) is 10.9. The smallest absolute Gasteiger partial charge is 0.410 e. The highest BCUT2D eigenvalue weighted by molar-refractivity contribution is 5.92. The van der Waals surface area contributed by atoms with Crippen LogP contribution >= 0.6 is 0 Å². The maximum absolute atomic E-state index is 13.5. The molecule has 0 saturated carbocycles. The fourth-order valence-corrected chi connectivity index (χ4v) is 4.64. The second kappa shape index (κ2) is 11.2. The Morgan fingerprint density at radius 3 is 2.24 bits per heavy atom. The third kappa shape index (κ3) is 7.00. The second-order valence-electron chi connectivity index (χ2n) is 9.39. The molecule has 2 amide bonds. The number of piperidine rings is 1. The summed E-state index contributed by atoms with van der Waals surface area (Å²) in [6.07, 6.45) is -1.11. The number of nitrogens with zero attached hydrogens (tertiary/aromatic N) is 2. The molecule has 0 spiro atoms. The van der Waals surface area contributed by atoms with Crippen LogP contribution < -0.4 is 5.32 Å². The van der Waals surface area contributed by atoms with Gasteiger partial charge in [0, 0.05) is 44.2 Å². The number of hydrogen-bond acceptors (Lipinski definition) is 5. The molecule has 2 fully saturated rings. The van der Waals surface area contributed by atoms with E-state index in [2.05, 4.69) is 5.32 Å². The first kappa shape index (κ1) is 26.5. The second-order valence-corrected chi connectivity index (χ2v) is 9.39. The number of carbonyl (C=O) groups is 3. The Morgan fingerprint density at radius 1 is 1.00 bits per heavy atom. The van der Waals surface area contributed by atoms with Gasteiger partial charge in [0.1, 0.15) is 18.5 Å². The van der Waals surface area contributed by atoms with Gasteiger partial charge in [0.05, 0.1) is 6.42 Å². The average Bonchev–Trinajstić information content (AvgIpc) is 3.31. The van der Waals surface area contributed by atoms with Crippen molar-refractivity contribution in [2.75, 3.05) is 25.0 Å². The number of carbonyl (C=O) groups excluding carboxylic acids is 2. The van der Waals surface area contributed by atoms with Gasteiger partial charge < -0.3 is 15.2 Å². The molecule has 2 aliphatic rings. The van der Waals surface area contributed by atoms with Crippen LogP contribution in [0.3, 0.4) is 0 Å². The zero-order valence-corrected chi connectivity index (χ0v) is 20.0. The summed E-state index contributed by atoms with van der Waals surface area (Å²) in [7, 11) is 0. The van der Waals surface area contributed by atoms with Crippen molar-refractivity contribution in [3.8, 4) is 0 Å². The van der Waals surface area contributed by atoms with Crippen molar-refractivity contribution in [3.05, 3.63) is 65.5 Å². The Balaban J connectivity index is 1.27. The molecule has 2 saturated heterocycles. The predicted octanol–water partition coefficient (Wildman–Crippen LogP) is 3.90. The first-order valence-corrected chi connectivity index (χ1v) is 12.0. The number of rotatable bonds is 7. The van der Waals surface area contributed by atoms with E-state index in [1.807, 2.05) is 4.90 Å². The topological polar surface area (TPSA) is 99.2 Å². The van der Waals surface area contributed by atoms with Crippen LogP contribution in [0.25, 0.3) is 0 Å². The van der Waals surface area contributed by atoms with Gasteiger partial charge in [-0.05, 0) is 41.8 Å². The molecule has 198 valence electrons. The van der Waals surface area contributed by atoms with E-state index in [4.69, 9.17) is 4.74 Å². The lowest BCUT2D eigenvalue weighted by Gasteiger charge is -2.35. The third-order valence-electron chi connectivity index (χ3n) is 6.72. The lowest BCUT2D eigenvalue weighted by atomic mass is 10.0. The number of amides is 2. The molecule has 0 bridgehead atoms. The van der Waals surface area contributed by atoms with E-state index in [1.54, 1.807) is 24.3 Å². The number of carboxylic acids is 1. The number of hydrogen-bond donors (Lipinski definition) is 2. The summed E-state index contributed by atoms with van der Waals surface area (Å²) in [4.78, 5) is 39.6. The van der Waals surface area contributed by atoms with Crippen molar-refractivity contribution in [2.24, 2.45) is 0 Å². The Hall–Kier alpha value is -3.60. The van der Waals surface area contributed by atoms with E-state index in [0.29, 0.717) is 16.8 Å². The highest BCUT2D eigenvalue weighted by Crippen LogP contribution is 2.32. The summed E-state index contributed by atoms with van der Waals surface area (Å²) >= 11 is 0. The van der Waals surface area contributed by atoms with E-state index < -0.39 is 24.0 Å². The Bertz CT molecular complexity index is 1120. The molecule has 1 unspecified atom stereocenters. The number of alkyl halides is 2. The van der Waals surface area contributed by atoms with Crippen LogP contribution in [-0.2, 0) is 27.4 Å². The largest absolute Gasteiger partial charge is 0.480 e. The summed E-state index contributed by atoms with van der Waals surface area (Å²) in [5, 5.41) is 12.3. The molecule has 4 rings (SSSR count). The van der Waals surface area contributed by atoms with Crippen LogP contribution in [0.5, 0.6) is 0 Å². The monoisotopic (exact) mass is 519 g/mol. The van der Waals surface area contributed by atoms with Crippen LogP contribution in [0.4, 0.5) is 23.7 Å². The van der Waals surface area contributed by atoms with Crippen LogP contribution in [-0.4, -0.2) is 70.5 Å². The first-order chi connectivity index (χ1) is 17.6. The molecule has 2 atom stereocenters. The Kier molecular flexibility index (Phi) is 8.01. The van der Waals surface area contributed by atoms with Gasteiger partial charge in [0.25, 0.3) is 5.92 Å². The predicted molar refractivity (Wildman–Crippen MR) is 128 cm³/mol. The van der Waals surface area contributed by atoms with Crippen molar-refractivity contribution < 1.29 is 37.4 Å². The molecule has 0 aromatic heterocycles. The van der Waals surface area contributed by atoms with E-state index >= 15 is 0 Å². The van der Waals surface area contributed by atoms with Crippen molar-refractivity contribution in [1.29, 1.82) is 0 Å². The van der Waals surface area contributed by atoms with Gasteiger partial charge in [0.15, 0.2) is 0 Å². The lowest BCUT2D eigenvalue weighted by Crippen LogP contribution is -2.46. The molecule has 0 radical (unpaired) electrons. The maximum Gasteiger partial charge on any atom is 0.410 e. The van der Waals surface area contributed by atoms with Gasteiger partial charge in [-0.15, -0.1) is 0 Å². The van der Waals surface area contributed by atoms with Gasteiger partial charge in [-0.3, -0.25) is 14.6 Å². The van der Waals surface area contributed by atoms with Gasteiger partial charge >= 0.3 is 12.1 Å². The minimum atomic E-state index is -2.71. The Labute approximate surface area is 212 Å². The number of benzene rings is 2. The summed E-state index contributed by atoms with van der Waals surface area (Å²) in [5.41, 5.74) is 1.83. The summed E-state index contributed by atoms with van der Waals surface area (Å²) in [6.45, 7) is 0.297. The number of ether oxygens (including phenoxy) is 1.